The average molecular weight is 208 g/mol. The molecule has 2 aliphatic heterocycles. The minimum Gasteiger partial charge on any atom is -0.338 e. The van der Waals surface area contributed by atoms with Crippen molar-refractivity contribution < 1.29 is 4.79 Å². The lowest BCUT2D eigenvalue weighted by Crippen LogP contribution is -2.42. The molecule has 1 amide bonds. The normalized spacial score (nSPS) is 31.6. The van der Waals surface area contributed by atoms with Crippen molar-refractivity contribution in [3.63, 3.8) is 0 Å². The zero-order valence-electron chi connectivity index (χ0n) is 9.62. The van der Waals surface area contributed by atoms with E-state index in [1.54, 1.807) is 0 Å². The molecule has 0 saturated carbocycles. The molecule has 0 bridgehead atoms. The van der Waals surface area contributed by atoms with E-state index in [-0.39, 0.29) is 5.92 Å². The molecule has 0 aromatic heterocycles. The molecular formula is C12H20N2O. The number of carbonyl (C=O) groups excluding carboxylic acids is 1. The van der Waals surface area contributed by atoms with Crippen LogP contribution >= 0.6 is 0 Å². The van der Waals surface area contributed by atoms with Crippen LogP contribution in [0.2, 0.25) is 0 Å². The lowest BCUT2D eigenvalue weighted by atomic mass is 9.99. The highest BCUT2D eigenvalue weighted by Gasteiger charge is 2.32. The number of rotatable bonds is 1. The summed E-state index contributed by atoms with van der Waals surface area (Å²) in [5.41, 5.74) is 1.33. The van der Waals surface area contributed by atoms with E-state index in [0.29, 0.717) is 11.9 Å². The van der Waals surface area contributed by atoms with Crippen molar-refractivity contribution in [2.75, 3.05) is 19.6 Å². The van der Waals surface area contributed by atoms with Crippen molar-refractivity contribution >= 4 is 5.91 Å². The van der Waals surface area contributed by atoms with Crippen LogP contribution in [0.1, 0.15) is 26.7 Å². The zero-order chi connectivity index (χ0) is 10.8. The summed E-state index contributed by atoms with van der Waals surface area (Å²) in [7, 11) is 0. The molecule has 3 heteroatoms. The summed E-state index contributed by atoms with van der Waals surface area (Å²) >= 11 is 0. The zero-order valence-corrected chi connectivity index (χ0v) is 9.62. The maximum absolute atomic E-state index is 12.2. The monoisotopic (exact) mass is 208 g/mol. The maximum Gasteiger partial charge on any atom is 0.227 e. The summed E-state index contributed by atoms with van der Waals surface area (Å²) in [4.78, 5) is 14.2. The highest BCUT2D eigenvalue weighted by molar-refractivity contribution is 5.80. The van der Waals surface area contributed by atoms with Crippen molar-refractivity contribution in [2.24, 2.45) is 5.92 Å². The first-order chi connectivity index (χ1) is 7.18. The minimum atomic E-state index is 0.205. The van der Waals surface area contributed by atoms with Gasteiger partial charge in [0.2, 0.25) is 5.91 Å². The van der Waals surface area contributed by atoms with Crippen LogP contribution in [0.15, 0.2) is 11.6 Å². The van der Waals surface area contributed by atoms with Gasteiger partial charge in [-0.25, -0.2) is 0 Å². The van der Waals surface area contributed by atoms with Gasteiger partial charge < -0.3 is 10.2 Å². The molecule has 2 rings (SSSR count). The van der Waals surface area contributed by atoms with E-state index in [1.165, 1.54) is 5.57 Å². The average Bonchev–Trinajstić information content (AvgIpc) is 2.63. The van der Waals surface area contributed by atoms with Gasteiger partial charge in [-0.3, -0.25) is 4.79 Å². The van der Waals surface area contributed by atoms with Crippen molar-refractivity contribution in [1.82, 2.24) is 10.2 Å². The Morgan fingerprint density at radius 1 is 1.60 bits per heavy atom. The van der Waals surface area contributed by atoms with Crippen LogP contribution in [0.3, 0.4) is 0 Å². The molecule has 2 heterocycles. The quantitative estimate of drug-likeness (QED) is 0.656. The molecule has 15 heavy (non-hydrogen) atoms. The molecule has 0 aromatic rings. The molecule has 2 atom stereocenters. The first-order valence-electron chi connectivity index (χ1n) is 5.86. The first kappa shape index (κ1) is 10.7. The predicted octanol–water partition coefficient (Wildman–Crippen LogP) is 1.16. The topological polar surface area (TPSA) is 32.3 Å². The largest absolute Gasteiger partial charge is 0.338 e. The van der Waals surface area contributed by atoms with Crippen LogP contribution in [0.25, 0.3) is 0 Å². The fourth-order valence-corrected chi connectivity index (χ4v) is 2.53. The molecule has 0 radical (unpaired) electrons. The number of amides is 1. The van der Waals surface area contributed by atoms with E-state index in [9.17, 15) is 4.79 Å². The Bertz CT molecular complexity index is 285. The van der Waals surface area contributed by atoms with Gasteiger partial charge in [0.05, 0.1) is 5.92 Å². The number of carbonyl (C=O) groups is 1. The molecule has 0 aliphatic carbocycles. The predicted molar refractivity (Wildman–Crippen MR) is 60.5 cm³/mol. The molecule has 2 aliphatic rings. The number of nitrogens with one attached hydrogen (secondary N) is 1. The van der Waals surface area contributed by atoms with E-state index in [4.69, 9.17) is 0 Å². The number of hydrogen-bond donors (Lipinski definition) is 1. The van der Waals surface area contributed by atoms with E-state index in [0.717, 1.165) is 32.5 Å². The van der Waals surface area contributed by atoms with E-state index in [1.807, 2.05) is 4.90 Å². The Labute approximate surface area is 91.5 Å². The Kier molecular flexibility index (Phi) is 3.10. The van der Waals surface area contributed by atoms with Crippen molar-refractivity contribution in [3.8, 4) is 0 Å². The van der Waals surface area contributed by atoms with Gasteiger partial charge in [0.15, 0.2) is 0 Å². The fourth-order valence-electron chi connectivity index (χ4n) is 2.53. The summed E-state index contributed by atoms with van der Waals surface area (Å²) in [6, 6.07) is 0.351. The van der Waals surface area contributed by atoms with Crippen LogP contribution < -0.4 is 5.32 Å². The Morgan fingerprint density at radius 2 is 2.40 bits per heavy atom. The molecule has 0 aromatic carbocycles. The van der Waals surface area contributed by atoms with Crippen LogP contribution in [0.5, 0.6) is 0 Å². The summed E-state index contributed by atoms with van der Waals surface area (Å²) in [6.07, 6.45) is 4.26. The highest BCUT2D eigenvalue weighted by Crippen LogP contribution is 2.20. The Hall–Kier alpha value is -0.830. The minimum absolute atomic E-state index is 0.205. The number of hydrogen-bond acceptors (Lipinski definition) is 2. The van der Waals surface area contributed by atoms with Gasteiger partial charge in [-0.1, -0.05) is 11.6 Å². The molecular weight excluding hydrogens is 188 g/mol. The lowest BCUT2D eigenvalue weighted by Gasteiger charge is -2.29. The van der Waals surface area contributed by atoms with Crippen LogP contribution in [-0.2, 0) is 4.79 Å². The molecule has 1 saturated heterocycles. The van der Waals surface area contributed by atoms with Crippen molar-refractivity contribution in [2.45, 2.75) is 32.7 Å². The molecule has 1 fully saturated rings. The third-order valence-electron chi connectivity index (χ3n) is 3.49. The summed E-state index contributed by atoms with van der Waals surface area (Å²) in [6.45, 7) is 6.94. The van der Waals surface area contributed by atoms with Gasteiger partial charge in [-0.05, 0) is 33.2 Å². The molecule has 3 nitrogen and oxygen atoms in total. The van der Waals surface area contributed by atoms with Gasteiger partial charge in [0.25, 0.3) is 0 Å². The maximum atomic E-state index is 12.2. The SMILES string of the molecule is CC1=CCCN(C(=O)C2CCNC2C)C1. The molecule has 84 valence electrons. The lowest BCUT2D eigenvalue weighted by molar-refractivity contribution is -0.135. The first-order valence-corrected chi connectivity index (χ1v) is 5.86. The van der Waals surface area contributed by atoms with E-state index >= 15 is 0 Å². The van der Waals surface area contributed by atoms with Crippen LogP contribution in [-0.4, -0.2) is 36.5 Å². The Morgan fingerprint density at radius 3 is 3.00 bits per heavy atom. The highest BCUT2D eigenvalue weighted by atomic mass is 16.2. The van der Waals surface area contributed by atoms with Crippen LogP contribution in [0, 0.1) is 5.92 Å². The van der Waals surface area contributed by atoms with Gasteiger partial charge in [0, 0.05) is 19.1 Å². The van der Waals surface area contributed by atoms with E-state index < -0.39 is 0 Å². The summed E-state index contributed by atoms with van der Waals surface area (Å²) in [5, 5.41) is 3.34. The standard InChI is InChI=1S/C12H20N2O/c1-9-4-3-7-14(8-9)12(15)11-5-6-13-10(11)2/h4,10-11,13H,3,5-8H2,1-2H3. The smallest absolute Gasteiger partial charge is 0.227 e. The van der Waals surface area contributed by atoms with Gasteiger partial charge in [-0.15, -0.1) is 0 Å². The van der Waals surface area contributed by atoms with Crippen molar-refractivity contribution in [3.05, 3.63) is 11.6 Å². The molecule has 0 spiro atoms. The third kappa shape index (κ3) is 2.23. The second-order valence-electron chi connectivity index (χ2n) is 4.74. The summed E-state index contributed by atoms with van der Waals surface area (Å²) in [5.74, 6) is 0.552. The van der Waals surface area contributed by atoms with E-state index in [2.05, 4.69) is 25.2 Å². The molecule has 2 unspecified atom stereocenters. The third-order valence-corrected chi connectivity index (χ3v) is 3.49. The summed E-state index contributed by atoms with van der Waals surface area (Å²) < 4.78 is 0. The van der Waals surface area contributed by atoms with Gasteiger partial charge in [-0.2, -0.15) is 0 Å². The van der Waals surface area contributed by atoms with Crippen LogP contribution in [0.4, 0.5) is 0 Å². The fraction of sp³-hybridized carbons (Fsp3) is 0.750. The second-order valence-corrected chi connectivity index (χ2v) is 4.74. The van der Waals surface area contributed by atoms with Gasteiger partial charge in [0.1, 0.15) is 0 Å². The number of nitrogens with zero attached hydrogens (tertiary/aromatic N) is 1. The molecule has 1 N–H and O–H groups in total. The van der Waals surface area contributed by atoms with Crippen molar-refractivity contribution in [1.29, 1.82) is 0 Å². The van der Waals surface area contributed by atoms with Gasteiger partial charge >= 0.3 is 0 Å². The second kappa shape index (κ2) is 4.35. The Balaban J connectivity index is 1.98.